The summed E-state index contributed by atoms with van der Waals surface area (Å²) in [5.41, 5.74) is 0.956. The smallest absolute Gasteiger partial charge is 0.270 e. The van der Waals surface area contributed by atoms with Crippen molar-refractivity contribution in [3.63, 3.8) is 0 Å². The lowest BCUT2D eigenvalue weighted by molar-refractivity contribution is -0.384. The van der Waals surface area contributed by atoms with E-state index in [0.29, 0.717) is 17.0 Å². The number of nitro benzene ring substituents is 1. The number of carbonyl (C=O) groups excluding carboxylic acids is 1. The number of hydrogen-bond donors (Lipinski definition) is 1. The zero-order chi connectivity index (χ0) is 15.7. The minimum absolute atomic E-state index is 0.0431. The first-order valence-corrected chi connectivity index (χ1v) is 6.29. The number of anilines is 1. The number of non-ortho nitro benzene ring substituents is 1. The molecule has 3 rings (SSSR count). The number of hydrogen-bond acceptors (Lipinski definition) is 6. The van der Waals surface area contributed by atoms with Crippen LogP contribution in [-0.4, -0.2) is 30.4 Å². The Balaban J connectivity index is 2.14. The molecule has 2 heterocycles. The molecule has 110 valence electrons. The number of nitro groups is 1. The van der Waals surface area contributed by atoms with Crippen molar-refractivity contribution in [2.24, 2.45) is 0 Å². The number of benzene rings is 1. The summed E-state index contributed by atoms with van der Waals surface area (Å²) in [6.45, 7) is 1.35. The third-order valence-electron chi connectivity index (χ3n) is 2.86. The molecule has 0 unspecified atom stereocenters. The molecule has 0 saturated carbocycles. The second kappa shape index (κ2) is 5.20. The highest BCUT2D eigenvalue weighted by molar-refractivity contribution is 5.86. The van der Waals surface area contributed by atoms with E-state index in [0.717, 1.165) is 0 Å². The van der Waals surface area contributed by atoms with E-state index in [-0.39, 0.29) is 17.5 Å². The highest BCUT2D eigenvalue weighted by Gasteiger charge is 2.13. The van der Waals surface area contributed by atoms with Crippen LogP contribution < -0.4 is 5.32 Å². The molecule has 0 spiro atoms. The molecule has 0 aliphatic carbocycles. The lowest BCUT2D eigenvalue weighted by Gasteiger charge is -2.02. The maximum atomic E-state index is 11.1. The van der Waals surface area contributed by atoms with Gasteiger partial charge in [-0.15, -0.1) is 5.10 Å². The summed E-state index contributed by atoms with van der Waals surface area (Å²) in [7, 11) is 0. The van der Waals surface area contributed by atoms with E-state index >= 15 is 0 Å². The Kier molecular flexibility index (Phi) is 3.22. The number of nitrogens with zero attached hydrogens (tertiary/aromatic N) is 5. The number of nitrogens with one attached hydrogen (secondary N) is 1. The van der Waals surface area contributed by atoms with Crippen molar-refractivity contribution < 1.29 is 9.72 Å². The molecule has 0 bridgehead atoms. The van der Waals surface area contributed by atoms with Crippen LogP contribution in [-0.2, 0) is 4.79 Å². The molecule has 1 aromatic carbocycles. The van der Waals surface area contributed by atoms with Crippen molar-refractivity contribution >= 4 is 23.2 Å². The average molecular weight is 298 g/mol. The van der Waals surface area contributed by atoms with Gasteiger partial charge in [-0.05, 0) is 0 Å². The van der Waals surface area contributed by atoms with Gasteiger partial charge in [0, 0.05) is 36.9 Å². The predicted octanol–water partition coefficient (Wildman–Crippen LogP) is 1.66. The summed E-state index contributed by atoms with van der Waals surface area (Å²) in [5, 5.41) is 17.5. The second-order valence-electron chi connectivity index (χ2n) is 4.46. The second-order valence-corrected chi connectivity index (χ2v) is 4.46. The van der Waals surface area contributed by atoms with Gasteiger partial charge < -0.3 is 0 Å². The predicted molar refractivity (Wildman–Crippen MR) is 77.2 cm³/mol. The zero-order valence-corrected chi connectivity index (χ0v) is 11.4. The Hall–Kier alpha value is -3.36. The molecular formula is C13H10N6O3. The minimum atomic E-state index is -0.478. The van der Waals surface area contributed by atoms with Crippen molar-refractivity contribution in [3.05, 3.63) is 46.6 Å². The van der Waals surface area contributed by atoms with Crippen LogP contribution >= 0.6 is 0 Å². The van der Waals surface area contributed by atoms with E-state index in [1.807, 2.05) is 0 Å². The summed E-state index contributed by atoms with van der Waals surface area (Å²) < 4.78 is 1.42. The largest absolute Gasteiger partial charge is 0.293 e. The van der Waals surface area contributed by atoms with Crippen LogP contribution in [0, 0.1) is 10.1 Å². The van der Waals surface area contributed by atoms with Gasteiger partial charge in [0.05, 0.1) is 4.92 Å². The van der Waals surface area contributed by atoms with Gasteiger partial charge in [0.1, 0.15) is 0 Å². The molecule has 9 nitrogen and oxygen atoms in total. The normalized spacial score (nSPS) is 10.6. The van der Waals surface area contributed by atoms with Gasteiger partial charge in [0.2, 0.25) is 11.9 Å². The number of amides is 1. The molecule has 3 aromatic rings. The Bertz CT molecular complexity index is 888. The van der Waals surface area contributed by atoms with Gasteiger partial charge in [-0.2, -0.15) is 9.50 Å². The maximum absolute atomic E-state index is 11.1. The third kappa shape index (κ3) is 2.46. The first kappa shape index (κ1) is 13.6. The SMILES string of the molecule is CC(=O)Nc1nc2ccnc(-c3cccc([N+](=O)[O-])c3)n2n1. The van der Waals surface area contributed by atoms with Crippen LogP contribution in [0.1, 0.15) is 6.92 Å². The summed E-state index contributed by atoms with van der Waals surface area (Å²) in [5.74, 6) is 0.248. The summed E-state index contributed by atoms with van der Waals surface area (Å²) in [4.78, 5) is 29.8. The van der Waals surface area contributed by atoms with Crippen LogP contribution in [0.5, 0.6) is 0 Å². The van der Waals surface area contributed by atoms with Crippen LogP contribution in [0.2, 0.25) is 0 Å². The van der Waals surface area contributed by atoms with Crippen molar-refractivity contribution in [3.8, 4) is 11.4 Å². The lowest BCUT2D eigenvalue weighted by atomic mass is 10.2. The van der Waals surface area contributed by atoms with Gasteiger partial charge in [0.25, 0.3) is 5.69 Å². The highest BCUT2D eigenvalue weighted by Crippen LogP contribution is 2.22. The molecule has 0 fully saturated rings. The molecule has 2 aromatic heterocycles. The fourth-order valence-corrected chi connectivity index (χ4v) is 1.98. The summed E-state index contributed by atoms with van der Waals surface area (Å²) in [6.07, 6.45) is 1.52. The van der Waals surface area contributed by atoms with Crippen molar-refractivity contribution in [2.45, 2.75) is 6.92 Å². The molecule has 1 amide bonds. The molecule has 0 atom stereocenters. The first-order chi connectivity index (χ1) is 10.5. The van der Waals surface area contributed by atoms with Crippen LogP contribution in [0.4, 0.5) is 11.6 Å². The van der Waals surface area contributed by atoms with Crippen molar-refractivity contribution in [1.82, 2.24) is 19.6 Å². The topological polar surface area (TPSA) is 115 Å². The van der Waals surface area contributed by atoms with E-state index < -0.39 is 4.92 Å². The molecule has 1 N–H and O–H groups in total. The van der Waals surface area contributed by atoms with Gasteiger partial charge in [-0.25, -0.2) is 4.98 Å². The van der Waals surface area contributed by atoms with Crippen LogP contribution in [0.25, 0.3) is 17.0 Å². The van der Waals surface area contributed by atoms with Crippen LogP contribution in [0.15, 0.2) is 36.5 Å². The van der Waals surface area contributed by atoms with Crippen molar-refractivity contribution in [1.29, 1.82) is 0 Å². The Morgan fingerprint density at radius 2 is 2.18 bits per heavy atom. The van der Waals surface area contributed by atoms with Gasteiger partial charge in [-0.1, -0.05) is 12.1 Å². The highest BCUT2D eigenvalue weighted by atomic mass is 16.6. The summed E-state index contributed by atoms with van der Waals surface area (Å²) in [6, 6.07) is 7.68. The molecule has 0 radical (unpaired) electrons. The Morgan fingerprint density at radius 1 is 1.36 bits per heavy atom. The molecular weight excluding hydrogens is 288 g/mol. The van der Waals surface area contributed by atoms with E-state index in [4.69, 9.17) is 0 Å². The molecule has 0 aliphatic heterocycles. The maximum Gasteiger partial charge on any atom is 0.270 e. The number of fused-ring (bicyclic) bond motifs is 1. The zero-order valence-electron chi connectivity index (χ0n) is 11.4. The average Bonchev–Trinajstić information content (AvgIpc) is 2.88. The molecule has 0 saturated heterocycles. The third-order valence-corrected chi connectivity index (χ3v) is 2.86. The minimum Gasteiger partial charge on any atom is -0.293 e. The lowest BCUT2D eigenvalue weighted by Crippen LogP contribution is -2.07. The monoisotopic (exact) mass is 298 g/mol. The van der Waals surface area contributed by atoms with Gasteiger partial charge in [0.15, 0.2) is 11.5 Å². The number of carbonyl (C=O) groups is 1. The van der Waals surface area contributed by atoms with Gasteiger partial charge in [-0.3, -0.25) is 20.2 Å². The quantitative estimate of drug-likeness (QED) is 0.580. The Labute approximate surface area is 123 Å². The fourth-order valence-electron chi connectivity index (χ4n) is 1.98. The van der Waals surface area contributed by atoms with Crippen molar-refractivity contribution in [2.75, 3.05) is 5.32 Å². The van der Waals surface area contributed by atoms with Crippen LogP contribution in [0.3, 0.4) is 0 Å². The van der Waals surface area contributed by atoms with E-state index in [1.165, 1.54) is 29.8 Å². The molecule has 9 heteroatoms. The molecule has 0 aliphatic rings. The van der Waals surface area contributed by atoms with Gasteiger partial charge >= 0.3 is 0 Å². The van der Waals surface area contributed by atoms with E-state index in [9.17, 15) is 14.9 Å². The fraction of sp³-hybridized carbons (Fsp3) is 0.0769. The molecule has 22 heavy (non-hydrogen) atoms. The van der Waals surface area contributed by atoms with E-state index in [1.54, 1.807) is 18.2 Å². The van der Waals surface area contributed by atoms with E-state index in [2.05, 4.69) is 20.4 Å². The number of rotatable bonds is 3. The Morgan fingerprint density at radius 3 is 2.91 bits per heavy atom. The number of aromatic nitrogens is 4. The first-order valence-electron chi connectivity index (χ1n) is 6.29. The summed E-state index contributed by atoms with van der Waals surface area (Å²) >= 11 is 0. The standard InChI is InChI=1S/C13H10N6O3/c1-8(20)15-13-16-11-5-6-14-12(18(11)17-13)9-3-2-4-10(7-9)19(21)22/h2-7H,1H3,(H,15,17,20).